The van der Waals surface area contributed by atoms with Crippen LogP contribution in [-0.4, -0.2) is 64.9 Å². The standard InChI is InChI=1S/C28H36N2O7/c1-18(35-19(2)33)27(34)29-23-6-3-5-22(13-23)28-36-25(15-30-12-4-7-24(30)17-32)14-26(37-28)21-10-8-20(16-31)9-11-21/h3,5-6,8-11,13,18,24-26,28,31-32H,4,7,12,14-17H2,1-2H3,(H,29,34)/t18-,24-,25+,26-,28-/m0/s1. The fraction of sp³-hybridized carbons (Fsp3) is 0.500. The maximum atomic E-state index is 12.4. The van der Waals surface area contributed by atoms with Crippen LogP contribution < -0.4 is 5.32 Å². The Labute approximate surface area is 217 Å². The molecule has 2 aliphatic rings. The number of hydrogen-bond donors (Lipinski definition) is 3. The number of carbonyl (C=O) groups excluding carboxylic acids is 2. The molecule has 0 unspecified atom stereocenters. The van der Waals surface area contributed by atoms with E-state index < -0.39 is 24.3 Å². The van der Waals surface area contributed by atoms with Crippen LogP contribution in [0.2, 0.25) is 0 Å². The van der Waals surface area contributed by atoms with E-state index in [4.69, 9.17) is 14.2 Å². The molecule has 5 atom stereocenters. The molecule has 0 aromatic heterocycles. The van der Waals surface area contributed by atoms with E-state index in [1.54, 1.807) is 12.1 Å². The molecule has 2 heterocycles. The van der Waals surface area contributed by atoms with Gasteiger partial charge in [-0.2, -0.15) is 0 Å². The summed E-state index contributed by atoms with van der Waals surface area (Å²) in [5, 5.41) is 22.0. The van der Waals surface area contributed by atoms with E-state index in [2.05, 4.69) is 10.2 Å². The summed E-state index contributed by atoms with van der Waals surface area (Å²) in [4.78, 5) is 25.9. The first-order chi connectivity index (χ1) is 17.9. The largest absolute Gasteiger partial charge is 0.453 e. The molecule has 0 spiro atoms. The molecule has 2 aromatic rings. The van der Waals surface area contributed by atoms with E-state index in [1.165, 1.54) is 13.8 Å². The number of aliphatic hydroxyl groups is 2. The first kappa shape index (κ1) is 27.2. The van der Waals surface area contributed by atoms with Crippen LogP contribution >= 0.6 is 0 Å². The predicted octanol–water partition coefficient (Wildman–Crippen LogP) is 3.07. The van der Waals surface area contributed by atoms with Crippen LogP contribution in [0, 0.1) is 0 Å². The van der Waals surface area contributed by atoms with Crippen LogP contribution in [0.4, 0.5) is 5.69 Å². The lowest BCUT2D eigenvalue weighted by Crippen LogP contribution is -2.42. The molecule has 2 aliphatic heterocycles. The van der Waals surface area contributed by atoms with Gasteiger partial charge in [0.15, 0.2) is 12.4 Å². The third kappa shape index (κ3) is 7.15. The Morgan fingerprint density at radius 1 is 1.14 bits per heavy atom. The van der Waals surface area contributed by atoms with Crippen LogP contribution in [-0.2, 0) is 30.4 Å². The van der Waals surface area contributed by atoms with Gasteiger partial charge in [-0.1, -0.05) is 36.4 Å². The number of likely N-dealkylation sites (tertiary alicyclic amines) is 1. The van der Waals surface area contributed by atoms with E-state index in [0.717, 1.165) is 36.1 Å². The highest BCUT2D eigenvalue weighted by atomic mass is 16.7. The highest BCUT2D eigenvalue weighted by molar-refractivity contribution is 5.95. The summed E-state index contributed by atoms with van der Waals surface area (Å²) in [5.41, 5.74) is 3.12. The number of amides is 1. The lowest BCUT2D eigenvalue weighted by molar-refractivity contribution is -0.253. The van der Waals surface area contributed by atoms with Crippen LogP contribution in [0.15, 0.2) is 48.5 Å². The number of benzene rings is 2. The number of ether oxygens (including phenoxy) is 3. The zero-order valence-corrected chi connectivity index (χ0v) is 21.3. The Hall–Kier alpha value is -2.82. The number of hydrogen-bond acceptors (Lipinski definition) is 8. The molecule has 0 radical (unpaired) electrons. The molecule has 3 N–H and O–H groups in total. The average molecular weight is 513 g/mol. The summed E-state index contributed by atoms with van der Waals surface area (Å²) in [5.74, 6) is -0.951. The minimum Gasteiger partial charge on any atom is -0.453 e. The van der Waals surface area contributed by atoms with Gasteiger partial charge in [-0.05, 0) is 49.6 Å². The molecule has 0 bridgehead atoms. The maximum Gasteiger partial charge on any atom is 0.303 e. The van der Waals surface area contributed by atoms with Crippen molar-refractivity contribution in [2.45, 2.75) is 70.4 Å². The molecule has 9 nitrogen and oxygen atoms in total. The number of aliphatic hydroxyl groups excluding tert-OH is 2. The second-order valence-corrected chi connectivity index (χ2v) is 9.69. The van der Waals surface area contributed by atoms with E-state index >= 15 is 0 Å². The lowest BCUT2D eigenvalue weighted by Gasteiger charge is -2.38. The average Bonchev–Trinajstić information content (AvgIpc) is 3.35. The Morgan fingerprint density at radius 3 is 2.62 bits per heavy atom. The molecule has 0 aliphatic carbocycles. The molecule has 1 amide bonds. The van der Waals surface area contributed by atoms with Gasteiger partial charge in [0.05, 0.1) is 25.4 Å². The van der Waals surface area contributed by atoms with Crippen molar-refractivity contribution < 1.29 is 34.0 Å². The number of carbonyl (C=O) groups is 2. The zero-order valence-electron chi connectivity index (χ0n) is 21.3. The maximum absolute atomic E-state index is 12.4. The molecule has 2 fully saturated rings. The molecule has 200 valence electrons. The van der Waals surface area contributed by atoms with Crippen LogP contribution in [0.1, 0.15) is 62.2 Å². The van der Waals surface area contributed by atoms with Gasteiger partial charge in [0, 0.05) is 37.2 Å². The molecule has 37 heavy (non-hydrogen) atoms. The van der Waals surface area contributed by atoms with Crippen molar-refractivity contribution in [3.8, 4) is 0 Å². The van der Waals surface area contributed by atoms with E-state index in [9.17, 15) is 19.8 Å². The van der Waals surface area contributed by atoms with Gasteiger partial charge in [0.2, 0.25) is 0 Å². The van der Waals surface area contributed by atoms with E-state index in [-0.39, 0.29) is 31.5 Å². The van der Waals surface area contributed by atoms with Crippen LogP contribution in [0.3, 0.4) is 0 Å². The summed E-state index contributed by atoms with van der Waals surface area (Å²) >= 11 is 0. The summed E-state index contributed by atoms with van der Waals surface area (Å²) in [6, 6.07) is 15.1. The first-order valence-electron chi connectivity index (χ1n) is 12.8. The third-order valence-electron chi connectivity index (χ3n) is 6.90. The Morgan fingerprint density at radius 2 is 1.92 bits per heavy atom. The van der Waals surface area contributed by atoms with Crippen molar-refractivity contribution in [3.05, 3.63) is 65.2 Å². The van der Waals surface area contributed by atoms with Crippen molar-refractivity contribution in [1.82, 2.24) is 4.90 Å². The fourth-order valence-electron chi connectivity index (χ4n) is 4.95. The second kappa shape index (κ2) is 12.6. The zero-order chi connectivity index (χ0) is 26.4. The molecular formula is C28H36N2O7. The molecule has 4 rings (SSSR count). The van der Waals surface area contributed by atoms with Gasteiger partial charge in [-0.15, -0.1) is 0 Å². The summed E-state index contributed by atoms with van der Waals surface area (Å²) < 4.78 is 17.8. The van der Waals surface area contributed by atoms with Crippen LogP contribution in [0.25, 0.3) is 0 Å². The minimum absolute atomic E-state index is 0.0216. The third-order valence-corrected chi connectivity index (χ3v) is 6.90. The summed E-state index contributed by atoms with van der Waals surface area (Å²) in [6.07, 6.45) is 0.739. The summed E-state index contributed by atoms with van der Waals surface area (Å²) in [6.45, 7) is 4.50. The molecule has 2 saturated heterocycles. The normalized spacial score (nSPS) is 25.0. The predicted molar refractivity (Wildman–Crippen MR) is 136 cm³/mol. The summed E-state index contributed by atoms with van der Waals surface area (Å²) in [7, 11) is 0. The van der Waals surface area contributed by atoms with Gasteiger partial charge in [0.1, 0.15) is 0 Å². The second-order valence-electron chi connectivity index (χ2n) is 9.69. The smallest absolute Gasteiger partial charge is 0.303 e. The highest BCUT2D eigenvalue weighted by Gasteiger charge is 2.35. The molecule has 9 heteroatoms. The minimum atomic E-state index is -0.918. The molecule has 0 saturated carbocycles. The van der Waals surface area contributed by atoms with Gasteiger partial charge in [-0.3, -0.25) is 14.5 Å². The van der Waals surface area contributed by atoms with E-state index in [0.29, 0.717) is 18.7 Å². The van der Waals surface area contributed by atoms with Gasteiger partial charge >= 0.3 is 5.97 Å². The number of rotatable bonds is 9. The number of nitrogens with zero attached hydrogens (tertiary/aromatic N) is 1. The number of nitrogens with one attached hydrogen (secondary N) is 1. The quantitative estimate of drug-likeness (QED) is 0.439. The van der Waals surface area contributed by atoms with Crippen molar-refractivity contribution in [1.29, 1.82) is 0 Å². The number of esters is 1. The number of anilines is 1. The SMILES string of the molecule is CC(=O)O[C@@H](C)C(=O)Nc1cccc([C@H]2O[C@@H](CN3CCC[C@H]3CO)C[C@@H](c3ccc(CO)cc3)O2)c1. The Bertz CT molecular complexity index is 1060. The fourth-order valence-corrected chi connectivity index (χ4v) is 4.95. The lowest BCUT2D eigenvalue weighted by atomic mass is 9.99. The van der Waals surface area contributed by atoms with Gasteiger partial charge < -0.3 is 29.7 Å². The van der Waals surface area contributed by atoms with Crippen molar-refractivity contribution in [2.75, 3.05) is 25.0 Å². The van der Waals surface area contributed by atoms with Gasteiger partial charge in [-0.25, -0.2) is 0 Å². The first-order valence-corrected chi connectivity index (χ1v) is 12.8. The topological polar surface area (TPSA) is 118 Å². The van der Waals surface area contributed by atoms with Crippen molar-refractivity contribution in [3.63, 3.8) is 0 Å². The van der Waals surface area contributed by atoms with E-state index in [1.807, 2.05) is 36.4 Å². The van der Waals surface area contributed by atoms with Crippen LogP contribution in [0.5, 0.6) is 0 Å². The van der Waals surface area contributed by atoms with Gasteiger partial charge in [0.25, 0.3) is 5.91 Å². The Balaban J connectivity index is 1.53. The Kier molecular flexibility index (Phi) is 9.28. The monoisotopic (exact) mass is 512 g/mol. The molecular weight excluding hydrogens is 476 g/mol. The van der Waals surface area contributed by atoms with Crippen molar-refractivity contribution >= 4 is 17.6 Å². The van der Waals surface area contributed by atoms with Crippen molar-refractivity contribution in [2.24, 2.45) is 0 Å². The molecule has 2 aromatic carbocycles. The highest BCUT2D eigenvalue weighted by Crippen LogP contribution is 2.39.